The Morgan fingerprint density at radius 3 is 2.72 bits per heavy atom. The zero-order chi connectivity index (χ0) is 13.0. The number of hydrogen-bond donors (Lipinski definition) is 1. The number of ether oxygens (including phenoxy) is 1. The number of anilines is 1. The lowest BCUT2D eigenvalue weighted by Gasteiger charge is -2.25. The second-order valence-corrected chi connectivity index (χ2v) is 5.08. The van der Waals surface area contributed by atoms with Gasteiger partial charge in [-0.25, -0.2) is 0 Å². The number of benzene rings is 1. The molecule has 1 heterocycles. The van der Waals surface area contributed by atoms with Crippen molar-refractivity contribution >= 4 is 5.69 Å². The molecule has 0 spiro atoms. The highest BCUT2D eigenvalue weighted by Gasteiger charge is 2.15. The SMILES string of the molecule is CNC(C)c1ccc(N2CCCOC(C)C2)cc1. The summed E-state index contributed by atoms with van der Waals surface area (Å²) < 4.78 is 5.68. The lowest BCUT2D eigenvalue weighted by molar-refractivity contribution is 0.0821. The molecular weight excluding hydrogens is 224 g/mol. The molecule has 1 aromatic carbocycles. The minimum atomic E-state index is 0.323. The molecule has 0 bridgehead atoms. The highest BCUT2D eigenvalue weighted by molar-refractivity contribution is 5.48. The monoisotopic (exact) mass is 248 g/mol. The van der Waals surface area contributed by atoms with Crippen LogP contribution in [0.4, 0.5) is 5.69 Å². The zero-order valence-corrected chi connectivity index (χ0v) is 11.6. The lowest BCUT2D eigenvalue weighted by Crippen LogP contribution is -2.30. The zero-order valence-electron chi connectivity index (χ0n) is 11.6. The Hall–Kier alpha value is -1.06. The standard InChI is InChI=1S/C15H24N2O/c1-12-11-17(9-4-10-18-12)15-7-5-14(6-8-15)13(2)16-3/h5-8,12-13,16H,4,9-11H2,1-3H3. The Labute approximate surface area is 110 Å². The third-order valence-corrected chi connectivity index (χ3v) is 3.64. The van der Waals surface area contributed by atoms with Gasteiger partial charge in [0.1, 0.15) is 0 Å². The molecule has 2 rings (SSSR count). The fourth-order valence-corrected chi connectivity index (χ4v) is 2.37. The molecule has 0 aromatic heterocycles. The minimum absolute atomic E-state index is 0.323. The van der Waals surface area contributed by atoms with E-state index in [1.165, 1.54) is 11.3 Å². The average Bonchev–Trinajstić information content (AvgIpc) is 2.63. The summed E-state index contributed by atoms with van der Waals surface area (Å²) in [6.45, 7) is 7.28. The van der Waals surface area contributed by atoms with Crippen molar-refractivity contribution in [2.75, 3.05) is 31.6 Å². The molecule has 2 unspecified atom stereocenters. The predicted molar refractivity (Wildman–Crippen MR) is 76.2 cm³/mol. The van der Waals surface area contributed by atoms with Crippen LogP contribution in [0.3, 0.4) is 0 Å². The van der Waals surface area contributed by atoms with E-state index in [0.29, 0.717) is 12.1 Å². The molecular formula is C15H24N2O. The Balaban J connectivity index is 2.08. The summed E-state index contributed by atoms with van der Waals surface area (Å²) >= 11 is 0. The highest BCUT2D eigenvalue weighted by Crippen LogP contribution is 2.21. The van der Waals surface area contributed by atoms with Crippen molar-refractivity contribution in [3.05, 3.63) is 29.8 Å². The van der Waals surface area contributed by atoms with Gasteiger partial charge in [-0.05, 0) is 45.0 Å². The molecule has 1 aliphatic rings. The van der Waals surface area contributed by atoms with Crippen molar-refractivity contribution in [3.63, 3.8) is 0 Å². The number of nitrogens with one attached hydrogen (secondary N) is 1. The highest BCUT2D eigenvalue weighted by atomic mass is 16.5. The van der Waals surface area contributed by atoms with Gasteiger partial charge >= 0.3 is 0 Å². The van der Waals surface area contributed by atoms with Crippen LogP contribution in [0.25, 0.3) is 0 Å². The van der Waals surface area contributed by atoms with Crippen LogP contribution in [0, 0.1) is 0 Å². The Kier molecular flexibility index (Phi) is 4.61. The van der Waals surface area contributed by atoms with E-state index in [0.717, 1.165) is 26.1 Å². The molecule has 3 heteroatoms. The second-order valence-electron chi connectivity index (χ2n) is 5.08. The molecule has 2 atom stereocenters. The third-order valence-electron chi connectivity index (χ3n) is 3.64. The molecule has 1 aromatic rings. The van der Waals surface area contributed by atoms with Crippen molar-refractivity contribution in [1.82, 2.24) is 5.32 Å². The predicted octanol–water partition coefficient (Wildman–Crippen LogP) is 2.58. The van der Waals surface area contributed by atoms with Crippen LogP contribution in [0.5, 0.6) is 0 Å². The molecule has 0 aliphatic carbocycles. The largest absolute Gasteiger partial charge is 0.377 e. The quantitative estimate of drug-likeness (QED) is 0.890. The molecule has 18 heavy (non-hydrogen) atoms. The topological polar surface area (TPSA) is 24.5 Å². The van der Waals surface area contributed by atoms with Crippen molar-refractivity contribution in [3.8, 4) is 0 Å². The minimum Gasteiger partial charge on any atom is -0.377 e. The summed E-state index contributed by atoms with van der Waals surface area (Å²) in [7, 11) is 1.99. The van der Waals surface area contributed by atoms with Gasteiger partial charge in [-0.1, -0.05) is 12.1 Å². The van der Waals surface area contributed by atoms with Gasteiger partial charge in [0.2, 0.25) is 0 Å². The van der Waals surface area contributed by atoms with E-state index in [4.69, 9.17) is 4.74 Å². The van der Waals surface area contributed by atoms with Crippen LogP contribution in [0.15, 0.2) is 24.3 Å². The van der Waals surface area contributed by atoms with Gasteiger partial charge in [0.05, 0.1) is 6.10 Å². The van der Waals surface area contributed by atoms with Gasteiger partial charge in [0, 0.05) is 31.4 Å². The van der Waals surface area contributed by atoms with Crippen molar-refractivity contribution in [2.24, 2.45) is 0 Å². The van der Waals surface area contributed by atoms with E-state index >= 15 is 0 Å². The average molecular weight is 248 g/mol. The van der Waals surface area contributed by atoms with Crippen molar-refractivity contribution < 1.29 is 4.74 Å². The third kappa shape index (κ3) is 3.24. The van der Waals surface area contributed by atoms with Crippen LogP contribution >= 0.6 is 0 Å². The van der Waals surface area contributed by atoms with E-state index in [1.54, 1.807) is 0 Å². The van der Waals surface area contributed by atoms with Gasteiger partial charge in [0.15, 0.2) is 0 Å². The van der Waals surface area contributed by atoms with Gasteiger partial charge in [-0.2, -0.15) is 0 Å². The summed E-state index contributed by atoms with van der Waals surface area (Å²) in [6, 6.07) is 9.29. The van der Waals surface area contributed by atoms with E-state index in [9.17, 15) is 0 Å². The maximum atomic E-state index is 5.68. The van der Waals surface area contributed by atoms with E-state index in [2.05, 4.69) is 48.3 Å². The van der Waals surface area contributed by atoms with Crippen LogP contribution in [0.2, 0.25) is 0 Å². The van der Waals surface area contributed by atoms with E-state index in [-0.39, 0.29) is 0 Å². The molecule has 1 N–H and O–H groups in total. The molecule has 3 nitrogen and oxygen atoms in total. The van der Waals surface area contributed by atoms with Crippen LogP contribution < -0.4 is 10.2 Å². The van der Waals surface area contributed by atoms with Gasteiger partial charge < -0.3 is 15.0 Å². The first-order chi connectivity index (χ1) is 8.70. The lowest BCUT2D eigenvalue weighted by atomic mass is 10.1. The van der Waals surface area contributed by atoms with Crippen molar-refractivity contribution in [1.29, 1.82) is 0 Å². The smallest absolute Gasteiger partial charge is 0.0721 e. The maximum Gasteiger partial charge on any atom is 0.0721 e. The molecule has 100 valence electrons. The van der Waals surface area contributed by atoms with Crippen LogP contribution in [-0.4, -0.2) is 32.8 Å². The first kappa shape index (κ1) is 13.4. The Morgan fingerprint density at radius 2 is 2.06 bits per heavy atom. The van der Waals surface area contributed by atoms with Gasteiger partial charge in [-0.15, -0.1) is 0 Å². The van der Waals surface area contributed by atoms with Gasteiger partial charge in [-0.3, -0.25) is 0 Å². The summed E-state index contributed by atoms with van der Waals surface area (Å²) in [5.41, 5.74) is 2.64. The Bertz CT molecular complexity index is 363. The van der Waals surface area contributed by atoms with E-state index in [1.807, 2.05) is 7.05 Å². The Morgan fingerprint density at radius 1 is 1.33 bits per heavy atom. The normalized spacial score (nSPS) is 22.6. The number of rotatable bonds is 3. The van der Waals surface area contributed by atoms with E-state index < -0.39 is 0 Å². The summed E-state index contributed by atoms with van der Waals surface area (Å²) in [4.78, 5) is 2.42. The molecule has 0 amide bonds. The molecule has 1 aliphatic heterocycles. The first-order valence-electron chi connectivity index (χ1n) is 6.84. The summed E-state index contributed by atoms with van der Waals surface area (Å²) in [6.07, 6.45) is 1.43. The van der Waals surface area contributed by atoms with Crippen molar-refractivity contribution in [2.45, 2.75) is 32.4 Å². The molecule has 0 saturated carbocycles. The number of nitrogens with zero attached hydrogens (tertiary/aromatic N) is 1. The maximum absolute atomic E-state index is 5.68. The molecule has 1 saturated heterocycles. The first-order valence-corrected chi connectivity index (χ1v) is 6.84. The number of hydrogen-bond acceptors (Lipinski definition) is 3. The van der Waals surface area contributed by atoms with Crippen LogP contribution in [0.1, 0.15) is 31.9 Å². The second kappa shape index (κ2) is 6.21. The summed E-state index contributed by atoms with van der Waals surface area (Å²) in [5.74, 6) is 0. The summed E-state index contributed by atoms with van der Waals surface area (Å²) in [5, 5.41) is 3.26. The fourth-order valence-electron chi connectivity index (χ4n) is 2.37. The molecule has 0 radical (unpaired) electrons. The van der Waals surface area contributed by atoms with Gasteiger partial charge in [0.25, 0.3) is 0 Å². The molecule has 1 fully saturated rings. The fraction of sp³-hybridized carbons (Fsp3) is 0.600. The van der Waals surface area contributed by atoms with Crippen LogP contribution in [-0.2, 0) is 4.74 Å².